The molecule has 0 radical (unpaired) electrons. The minimum absolute atomic E-state index is 0.526. The zero-order valence-corrected chi connectivity index (χ0v) is 23.2. The summed E-state index contributed by atoms with van der Waals surface area (Å²) in [7, 11) is 4.05. The first kappa shape index (κ1) is 25.2. The van der Waals surface area contributed by atoms with Crippen LogP contribution in [0.4, 0.5) is 11.8 Å². The number of ether oxygens (including phenoxy) is 1. The van der Waals surface area contributed by atoms with Crippen molar-refractivity contribution in [2.24, 2.45) is 5.92 Å². The van der Waals surface area contributed by atoms with Crippen molar-refractivity contribution < 1.29 is 4.74 Å². The van der Waals surface area contributed by atoms with Crippen molar-refractivity contribution in [3.05, 3.63) is 50.9 Å². The third kappa shape index (κ3) is 6.20. The van der Waals surface area contributed by atoms with Gasteiger partial charge in [0, 0.05) is 53.1 Å². The molecule has 1 aliphatic rings. The van der Waals surface area contributed by atoms with E-state index in [9.17, 15) is 0 Å². The lowest BCUT2D eigenvalue weighted by atomic mass is 9.86. The lowest BCUT2D eigenvalue weighted by molar-refractivity contribution is 0.296. The van der Waals surface area contributed by atoms with E-state index in [0.717, 1.165) is 44.5 Å². The van der Waals surface area contributed by atoms with E-state index < -0.39 is 0 Å². The third-order valence-corrected chi connectivity index (χ3v) is 7.55. The van der Waals surface area contributed by atoms with Gasteiger partial charge in [-0.3, -0.25) is 0 Å². The van der Waals surface area contributed by atoms with Crippen LogP contribution in [0, 0.1) is 5.92 Å². The van der Waals surface area contributed by atoms with Crippen molar-refractivity contribution in [2.45, 2.75) is 45.2 Å². The number of aromatic nitrogens is 2. The van der Waals surface area contributed by atoms with Gasteiger partial charge in [-0.15, -0.1) is 0 Å². The molecule has 1 fully saturated rings. The monoisotopic (exact) mass is 589 g/mol. The number of benzene rings is 2. The van der Waals surface area contributed by atoms with Gasteiger partial charge >= 0.3 is 0 Å². The van der Waals surface area contributed by atoms with Crippen molar-refractivity contribution in [3.8, 4) is 5.75 Å². The molecule has 1 saturated carbocycles. The zero-order chi connectivity index (χ0) is 24.1. The Labute approximate surface area is 219 Å². The van der Waals surface area contributed by atoms with Gasteiger partial charge in [0.1, 0.15) is 11.6 Å². The normalized spacial score (nSPS) is 18.1. The molecule has 8 heteroatoms. The molecule has 0 atom stereocenters. The minimum Gasteiger partial charge on any atom is -0.493 e. The van der Waals surface area contributed by atoms with Crippen LogP contribution in [0.15, 0.2) is 45.3 Å². The quantitative estimate of drug-likeness (QED) is 0.301. The fourth-order valence-electron chi connectivity index (χ4n) is 4.57. The molecule has 0 bridgehead atoms. The Morgan fingerprint density at radius 3 is 2.56 bits per heavy atom. The maximum Gasteiger partial charge on any atom is 0.225 e. The highest BCUT2D eigenvalue weighted by molar-refractivity contribution is 9.11. The van der Waals surface area contributed by atoms with Crippen LogP contribution in [0.1, 0.15) is 38.2 Å². The fraction of sp³-hybridized carbons (Fsp3) is 0.462. The van der Waals surface area contributed by atoms with Gasteiger partial charge in [0.2, 0.25) is 5.95 Å². The highest BCUT2D eigenvalue weighted by Crippen LogP contribution is 2.32. The number of anilines is 2. The molecular weight excluding hydrogens is 558 g/mol. The van der Waals surface area contributed by atoms with E-state index in [1.807, 2.05) is 50.2 Å². The second kappa shape index (κ2) is 11.7. The molecule has 1 aliphatic carbocycles. The maximum atomic E-state index is 5.86. The van der Waals surface area contributed by atoms with Gasteiger partial charge in [-0.1, -0.05) is 44.0 Å². The summed E-state index contributed by atoms with van der Waals surface area (Å²) in [6.07, 6.45) is 4.73. The van der Waals surface area contributed by atoms with Crippen LogP contribution >= 0.6 is 31.9 Å². The lowest BCUT2D eigenvalue weighted by Gasteiger charge is -2.30. The van der Waals surface area contributed by atoms with Gasteiger partial charge in [0.25, 0.3) is 0 Å². The molecule has 1 heterocycles. The van der Waals surface area contributed by atoms with Crippen LogP contribution in [0.25, 0.3) is 10.9 Å². The maximum absolute atomic E-state index is 5.86. The van der Waals surface area contributed by atoms with E-state index >= 15 is 0 Å². The Kier molecular flexibility index (Phi) is 8.66. The third-order valence-electron chi connectivity index (χ3n) is 6.39. The second-order valence-electron chi connectivity index (χ2n) is 9.06. The molecule has 0 amide bonds. The van der Waals surface area contributed by atoms with Gasteiger partial charge in [-0.25, -0.2) is 4.98 Å². The summed E-state index contributed by atoms with van der Waals surface area (Å²) in [4.78, 5) is 11.6. The summed E-state index contributed by atoms with van der Waals surface area (Å²) in [5.41, 5.74) is 2.15. The summed E-state index contributed by atoms with van der Waals surface area (Å²) < 4.78 is 7.95. The number of halogens is 2. The van der Waals surface area contributed by atoms with Gasteiger partial charge < -0.3 is 20.3 Å². The standard InChI is InChI=1S/C26H33Br2N5O/c1-4-34-24-14-18(27)13-22(28)21(24)16-29-19-11-9-17(10-12-19)15-30-26-31-23-8-6-5-7-20(23)25(32-26)33(2)3/h5-8,13-14,17,19,29H,4,9-12,15-16H2,1-3H3,(H,30,31,32). The van der Waals surface area contributed by atoms with Gasteiger partial charge in [-0.05, 0) is 62.8 Å². The number of rotatable bonds is 9. The van der Waals surface area contributed by atoms with E-state index in [1.165, 1.54) is 31.2 Å². The molecule has 6 nitrogen and oxygen atoms in total. The first-order chi connectivity index (χ1) is 16.4. The lowest BCUT2D eigenvalue weighted by Crippen LogP contribution is -2.34. The smallest absolute Gasteiger partial charge is 0.225 e. The number of fused-ring (bicyclic) bond motifs is 1. The van der Waals surface area contributed by atoms with Crippen molar-refractivity contribution in [1.29, 1.82) is 0 Å². The zero-order valence-electron chi connectivity index (χ0n) is 20.1. The van der Waals surface area contributed by atoms with Crippen molar-refractivity contribution >= 4 is 54.5 Å². The molecule has 2 aromatic carbocycles. The molecule has 2 N–H and O–H groups in total. The van der Waals surface area contributed by atoms with Gasteiger partial charge in [-0.2, -0.15) is 4.98 Å². The Hall–Kier alpha value is -1.90. The molecule has 0 aliphatic heterocycles. The predicted molar refractivity (Wildman–Crippen MR) is 148 cm³/mol. The molecule has 0 unspecified atom stereocenters. The Bertz CT molecular complexity index is 1120. The summed E-state index contributed by atoms with van der Waals surface area (Å²) in [6.45, 7) is 4.39. The van der Waals surface area contributed by atoms with Crippen LogP contribution in [0.5, 0.6) is 5.75 Å². The highest BCUT2D eigenvalue weighted by atomic mass is 79.9. The molecular formula is C26H33Br2N5O. The second-order valence-corrected chi connectivity index (χ2v) is 10.8. The number of nitrogens with zero attached hydrogens (tertiary/aromatic N) is 3. The highest BCUT2D eigenvalue weighted by Gasteiger charge is 2.22. The van der Waals surface area contributed by atoms with Crippen LogP contribution < -0.4 is 20.3 Å². The number of para-hydroxylation sites is 1. The van der Waals surface area contributed by atoms with Crippen molar-refractivity contribution in [1.82, 2.24) is 15.3 Å². The Morgan fingerprint density at radius 1 is 1.06 bits per heavy atom. The topological polar surface area (TPSA) is 62.3 Å². The van der Waals surface area contributed by atoms with Crippen molar-refractivity contribution in [3.63, 3.8) is 0 Å². The summed E-state index contributed by atoms with van der Waals surface area (Å²) in [5, 5.41) is 8.35. The number of nitrogens with one attached hydrogen (secondary N) is 2. The summed E-state index contributed by atoms with van der Waals surface area (Å²) >= 11 is 7.26. The fourth-order valence-corrected chi connectivity index (χ4v) is 5.89. The first-order valence-corrected chi connectivity index (χ1v) is 13.5. The largest absolute Gasteiger partial charge is 0.493 e. The van der Waals surface area contributed by atoms with E-state index in [2.05, 4.69) is 54.6 Å². The SMILES string of the molecule is CCOc1cc(Br)cc(Br)c1CNC1CCC(CNc2nc(N(C)C)c3ccccc3n2)CC1. The number of hydrogen-bond donors (Lipinski definition) is 2. The minimum atomic E-state index is 0.526. The molecule has 0 saturated heterocycles. The summed E-state index contributed by atoms with van der Waals surface area (Å²) in [5.74, 6) is 3.23. The van der Waals surface area contributed by atoms with E-state index in [4.69, 9.17) is 14.7 Å². The molecule has 3 aromatic rings. The summed E-state index contributed by atoms with van der Waals surface area (Å²) in [6, 6.07) is 12.8. The van der Waals surface area contributed by atoms with Crippen LogP contribution in [-0.2, 0) is 6.54 Å². The molecule has 182 valence electrons. The average molecular weight is 591 g/mol. The molecule has 0 spiro atoms. The number of hydrogen-bond acceptors (Lipinski definition) is 6. The first-order valence-electron chi connectivity index (χ1n) is 12.0. The average Bonchev–Trinajstić information content (AvgIpc) is 2.82. The van der Waals surface area contributed by atoms with Crippen LogP contribution in [0.2, 0.25) is 0 Å². The van der Waals surface area contributed by atoms with E-state index in [-0.39, 0.29) is 0 Å². The van der Waals surface area contributed by atoms with Crippen LogP contribution in [-0.4, -0.2) is 43.3 Å². The predicted octanol–water partition coefficient (Wildman–Crippen LogP) is 6.38. The Morgan fingerprint density at radius 2 is 1.82 bits per heavy atom. The Balaban J connectivity index is 1.30. The molecule has 34 heavy (non-hydrogen) atoms. The van der Waals surface area contributed by atoms with Crippen molar-refractivity contribution in [2.75, 3.05) is 37.5 Å². The van der Waals surface area contributed by atoms with E-state index in [0.29, 0.717) is 24.5 Å². The van der Waals surface area contributed by atoms with Gasteiger partial charge in [0.05, 0.1) is 12.1 Å². The van der Waals surface area contributed by atoms with Crippen LogP contribution in [0.3, 0.4) is 0 Å². The van der Waals surface area contributed by atoms with Gasteiger partial charge in [0.15, 0.2) is 0 Å². The molecule has 1 aromatic heterocycles. The van der Waals surface area contributed by atoms with E-state index in [1.54, 1.807) is 0 Å². The molecule has 4 rings (SSSR count).